The van der Waals surface area contributed by atoms with Crippen molar-refractivity contribution < 1.29 is 14.6 Å². The molecule has 23 heavy (non-hydrogen) atoms. The Labute approximate surface area is 134 Å². The molecule has 0 spiro atoms. The number of aromatic hydroxyl groups is 1. The highest BCUT2D eigenvalue weighted by Crippen LogP contribution is 2.26. The molecule has 4 nitrogen and oxygen atoms in total. The first-order valence-electron chi connectivity index (χ1n) is 7.18. The first-order chi connectivity index (χ1) is 11.2. The van der Waals surface area contributed by atoms with Crippen LogP contribution in [0, 0.1) is 0 Å². The molecule has 3 aromatic rings. The van der Waals surface area contributed by atoms with E-state index >= 15 is 0 Å². The Morgan fingerprint density at radius 3 is 2.57 bits per heavy atom. The quantitative estimate of drug-likeness (QED) is 0.732. The standard InChI is InChI=1S/C19H15NO3/c21-18-11-16(23-13-14-5-4-10-20-12-14)8-9-17(18)19(22)15-6-2-1-3-7-15/h1-12,21H,13H2. The SMILES string of the molecule is O=C(c1ccccc1)c1ccc(OCc2cccnc2)cc1O. The molecular formula is C19H15NO3. The van der Waals surface area contributed by atoms with Gasteiger partial charge < -0.3 is 9.84 Å². The molecule has 0 atom stereocenters. The second-order valence-corrected chi connectivity index (χ2v) is 5.02. The molecule has 0 unspecified atom stereocenters. The van der Waals surface area contributed by atoms with Gasteiger partial charge in [-0.05, 0) is 18.2 Å². The van der Waals surface area contributed by atoms with E-state index in [9.17, 15) is 9.90 Å². The van der Waals surface area contributed by atoms with Crippen LogP contribution in [0.3, 0.4) is 0 Å². The number of ether oxygens (including phenoxy) is 1. The van der Waals surface area contributed by atoms with Crippen molar-refractivity contribution in [2.45, 2.75) is 6.61 Å². The van der Waals surface area contributed by atoms with E-state index in [0.717, 1.165) is 5.56 Å². The third-order valence-electron chi connectivity index (χ3n) is 3.38. The molecule has 0 aliphatic heterocycles. The van der Waals surface area contributed by atoms with Crippen LogP contribution < -0.4 is 4.74 Å². The number of phenols is 1. The van der Waals surface area contributed by atoms with Gasteiger partial charge >= 0.3 is 0 Å². The second kappa shape index (κ2) is 6.75. The molecule has 0 amide bonds. The van der Waals surface area contributed by atoms with Crippen molar-refractivity contribution in [2.75, 3.05) is 0 Å². The van der Waals surface area contributed by atoms with Gasteiger partial charge in [-0.2, -0.15) is 0 Å². The summed E-state index contributed by atoms with van der Waals surface area (Å²) in [6, 6.07) is 17.3. The molecule has 0 aliphatic rings. The minimum Gasteiger partial charge on any atom is -0.507 e. The summed E-state index contributed by atoms with van der Waals surface area (Å²) in [5.74, 6) is 0.181. The van der Waals surface area contributed by atoms with Crippen molar-refractivity contribution >= 4 is 5.78 Å². The Balaban J connectivity index is 1.74. The fourth-order valence-corrected chi connectivity index (χ4v) is 2.19. The van der Waals surface area contributed by atoms with Gasteiger partial charge in [0, 0.05) is 29.6 Å². The summed E-state index contributed by atoms with van der Waals surface area (Å²) in [5.41, 5.74) is 1.72. The monoisotopic (exact) mass is 305 g/mol. The number of nitrogens with zero attached hydrogens (tertiary/aromatic N) is 1. The number of pyridine rings is 1. The maximum Gasteiger partial charge on any atom is 0.196 e. The van der Waals surface area contributed by atoms with E-state index in [2.05, 4.69) is 4.98 Å². The van der Waals surface area contributed by atoms with Crippen molar-refractivity contribution in [1.82, 2.24) is 4.98 Å². The molecule has 0 bridgehead atoms. The average molecular weight is 305 g/mol. The normalized spacial score (nSPS) is 10.3. The van der Waals surface area contributed by atoms with Gasteiger partial charge in [-0.15, -0.1) is 0 Å². The fraction of sp³-hybridized carbons (Fsp3) is 0.0526. The third-order valence-corrected chi connectivity index (χ3v) is 3.38. The minimum absolute atomic E-state index is 0.0949. The highest BCUT2D eigenvalue weighted by molar-refractivity contribution is 6.10. The molecule has 0 radical (unpaired) electrons. The molecule has 0 aliphatic carbocycles. The lowest BCUT2D eigenvalue weighted by Crippen LogP contribution is -2.02. The number of aromatic nitrogens is 1. The highest BCUT2D eigenvalue weighted by atomic mass is 16.5. The van der Waals surface area contributed by atoms with Gasteiger partial charge in [0.05, 0.1) is 5.56 Å². The van der Waals surface area contributed by atoms with Crippen LogP contribution in [0.4, 0.5) is 0 Å². The van der Waals surface area contributed by atoms with E-state index in [4.69, 9.17) is 4.74 Å². The summed E-state index contributed by atoms with van der Waals surface area (Å²) in [5, 5.41) is 10.1. The summed E-state index contributed by atoms with van der Waals surface area (Å²) < 4.78 is 5.60. The molecule has 2 aromatic carbocycles. The van der Waals surface area contributed by atoms with E-state index in [-0.39, 0.29) is 17.1 Å². The lowest BCUT2D eigenvalue weighted by Gasteiger charge is -2.09. The molecule has 4 heteroatoms. The highest BCUT2D eigenvalue weighted by Gasteiger charge is 2.14. The Morgan fingerprint density at radius 2 is 1.87 bits per heavy atom. The summed E-state index contributed by atoms with van der Waals surface area (Å²) in [7, 11) is 0. The zero-order valence-corrected chi connectivity index (χ0v) is 12.3. The van der Waals surface area contributed by atoms with Crippen LogP contribution in [0.25, 0.3) is 0 Å². The van der Waals surface area contributed by atoms with Crippen LogP contribution >= 0.6 is 0 Å². The van der Waals surface area contributed by atoms with Crippen molar-refractivity contribution in [1.29, 1.82) is 0 Å². The summed E-state index contributed by atoms with van der Waals surface area (Å²) in [6.07, 6.45) is 3.41. The molecule has 114 valence electrons. The molecule has 0 saturated carbocycles. The molecule has 0 saturated heterocycles. The van der Waals surface area contributed by atoms with Crippen molar-refractivity contribution in [3.05, 3.63) is 89.7 Å². The lowest BCUT2D eigenvalue weighted by atomic mass is 10.0. The van der Waals surface area contributed by atoms with Gasteiger partial charge in [-0.3, -0.25) is 9.78 Å². The number of hydrogen-bond acceptors (Lipinski definition) is 4. The number of carbonyl (C=O) groups is 1. The molecule has 1 N–H and O–H groups in total. The van der Waals surface area contributed by atoms with E-state index in [1.165, 1.54) is 6.07 Å². The van der Waals surface area contributed by atoms with E-state index < -0.39 is 0 Å². The van der Waals surface area contributed by atoms with Gasteiger partial charge in [0.2, 0.25) is 0 Å². The van der Waals surface area contributed by atoms with Crippen LogP contribution in [0.5, 0.6) is 11.5 Å². The van der Waals surface area contributed by atoms with E-state index in [1.807, 2.05) is 18.2 Å². The van der Waals surface area contributed by atoms with Gasteiger partial charge in [0.1, 0.15) is 18.1 Å². The maximum absolute atomic E-state index is 12.3. The Bertz CT molecular complexity index is 801. The van der Waals surface area contributed by atoms with E-state index in [0.29, 0.717) is 17.9 Å². The number of phenolic OH excluding ortho intramolecular Hbond substituents is 1. The number of ketones is 1. The number of hydrogen-bond donors (Lipinski definition) is 1. The molecule has 1 aromatic heterocycles. The summed E-state index contributed by atoms with van der Waals surface area (Å²) >= 11 is 0. The first kappa shape index (κ1) is 14.8. The van der Waals surface area contributed by atoms with Crippen LogP contribution in [-0.2, 0) is 6.61 Å². The predicted octanol–water partition coefficient (Wildman–Crippen LogP) is 3.60. The Morgan fingerprint density at radius 1 is 1.04 bits per heavy atom. The van der Waals surface area contributed by atoms with Gasteiger partial charge in [-0.1, -0.05) is 36.4 Å². The van der Waals surface area contributed by atoms with Crippen molar-refractivity contribution in [3.63, 3.8) is 0 Å². The molecular weight excluding hydrogens is 290 g/mol. The van der Waals surface area contributed by atoms with Crippen LogP contribution in [-0.4, -0.2) is 15.9 Å². The zero-order chi connectivity index (χ0) is 16.1. The summed E-state index contributed by atoms with van der Waals surface area (Å²) in [4.78, 5) is 16.4. The van der Waals surface area contributed by atoms with Crippen LogP contribution in [0.2, 0.25) is 0 Å². The van der Waals surface area contributed by atoms with Crippen molar-refractivity contribution in [2.24, 2.45) is 0 Å². The van der Waals surface area contributed by atoms with Gasteiger partial charge in [-0.25, -0.2) is 0 Å². The Hall–Kier alpha value is -3.14. The van der Waals surface area contributed by atoms with Gasteiger partial charge in [0.15, 0.2) is 5.78 Å². The maximum atomic E-state index is 12.3. The second-order valence-electron chi connectivity index (χ2n) is 5.02. The third kappa shape index (κ3) is 3.55. The average Bonchev–Trinajstić information content (AvgIpc) is 2.61. The van der Waals surface area contributed by atoms with E-state index in [1.54, 1.807) is 48.8 Å². The molecule has 3 rings (SSSR count). The fourth-order valence-electron chi connectivity index (χ4n) is 2.19. The topological polar surface area (TPSA) is 59.4 Å². The van der Waals surface area contributed by atoms with Gasteiger partial charge in [0.25, 0.3) is 0 Å². The number of rotatable bonds is 5. The Kier molecular flexibility index (Phi) is 4.34. The minimum atomic E-state index is -0.220. The number of carbonyl (C=O) groups excluding carboxylic acids is 1. The van der Waals surface area contributed by atoms with Crippen LogP contribution in [0.1, 0.15) is 21.5 Å². The van der Waals surface area contributed by atoms with Crippen LogP contribution in [0.15, 0.2) is 73.1 Å². The molecule has 1 heterocycles. The summed E-state index contributed by atoms with van der Waals surface area (Å²) in [6.45, 7) is 0.346. The largest absolute Gasteiger partial charge is 0.507 e. The zero-order valence-electron chi connectivity index (χ0n) is 12.3. The smallest absolute Gasteiger partial charge is 0.196 e. The number of benzene rings is 2. The predicted molar refractivity (Wildman–Crippen MR) is 86.6 cm³/mol. The molecule has 0 fully saturated rings. The van der Waals surface area contributed by atoms with Crippen molar-refractivity contribution in [3.8, 4) is 11.5 Å². The lowest BCUT2D eigenvalue weighted by molar-refractivity contribution is 0.103. The first-order valence-corrected chi connectivity index (χ1v) is 7.18.